The Labute approximate surface area is 158 Å². The van der Waals surface area contributed by atoms with E-state index in [1.807, 2.05) is 32.0 Å². The highest BCUT2D eigenvalue weighted by Crippen LogP contribution is 2.18. The second-order valence-corrected chi connectivity index (χ2v) is 6.75. The van der Waals surface area contributed by atoms with Crippen LogP contribution in [0.2, 0.25) is 5.02 Å². The maximum absolute atomic E-state index is 14.1. The van der Waals surface area contributed by atoms with E-state index in [0.717, 1.165) is 21.7 Å². The molecule has 1 unspecified atom stereocenters. The monoisotopic (exact) mass is 379 g/mol. The van der Waals surface area contributed by atoms with Gasteiger partial charge in [-0.1, -0.05) is 29.8 Å². The molecule has 26 heavy (non-hydrogen) atoms. The van der Waals surface area contributed by atoms with Crippen LogP contribution < -0.4 is 10.2 Å². The Kier molecular flexibility index (Phi) is 7.57. The van der Waals surface area contributed by atoms with Crippen LogP contribution in [0.15, 0.2) is 36.4 Å². The van der Waals surface area contributed by atoms with Crippen molar-refractivity contribution < 1.29 is 18.8 Å². The van der Waals surface area contributed by atoms with Crippen LogP contribution in [0.25, 0.3) is 0 Å². The molecular weight excluding hydrogens is 355 g/mol. The van der Waals surface area contributed by atoms with Crippen LogP contribution in [-0.2, 0) is 16.1 Å². The van der Waals surface area contributed by atoms with Crippen molar-refractivity contribution in [2.75, 3.05) is 32.1 Å². The molecule has 140 valence electrons. The number of methoxy groups -OCH3 is 1. The molecule has 4 nitrogen and oxygen atoms in total. The van der Waals surface area contributed by atoms with Gasteiger partial charge in [-0.25, -0.2) is 4.39 Å². The van der Waals surface area contributed by atoms with Gasteiger partial charge in [0.25, 0.3) is 5.91 Å². The lowest BCUT2D eigenvalue weighted by atomic mass is 10.1. The topological polar surface area (TPSA) is 42.8 Å². The van der Waals surface area contributed by atoms with Crippen LogP contribution in [0, 0.1) is 19.7 Å². The van der Waals surface area contributed by atoms with E-state index in [0.29, 0.717) is 30.3 Å². The lowest BCUT2D eigenvalue weighted by Crippen LogP contribution is -3.12. The number of benzene rings is 2. The van der Waals surface area contributed by atoms with Crippen LogP contribution in [0.3, 0.4) is 0 Å². The van der Waals surface area contributed by atoms with E-state index >= 15 is 0 Å². The molecule has 0 saturated heterocycles. The number of aryl methyl sites for hydroxylation is 1. The molecule has 2 aromatic carbocycles. The molecule has 6 heteroatoms. The number of hydrogen-bond donors (Lipinski definition) is 2. The third-order valence-electron chi connectivity index (χ3n) is 4.44. The van der Waals surface area contributed by atoms with Gasteiger partial charge in [0.05, 0.1) is 17.2 Å². The molecule has 0 saturated carbocycles. The largest absolute Gasteiger partial charge is 0.379 e. The fraction of sp³-hybridized carbons (Fsp3) is 0.350. The average molecular weight is 380 g/mol. The number of rotatable bonds is 8. The molecular formula is C20H25ClFN2O2+. The predicted octanol–water partition coefficient (Wildman–Crippen LogP) is 2.77. The van der Waals surface area contributed by atoms with Crippen molar-refractivity contribution in [3.63, 3.8) is 0 Å². The quantitative estimate of drug-likeness (QED) is 0.740. The summed E-state index contributed by atoms with van der Waals surface area (Å²) in [6.45, 7) is 5.52. The fourth-order valence-electron chi connectivity index (χ4n) is 2.74. The standard InChI is InChI=1S/C20H24ClFN2O2/c1-14-6-4-9-19(15(14)2)23-20(25)13-24(10-11-26-3)12-16-17(21)7-5-8-18(16)22/h4-9H,10-13H2,1-3H3,(H,23,25)/p+1. The SMILES string of the molecule is COCC[NH+](CC(=O)Nc1cccc(C)c1C)Cc1c(F)cccc1Cl. The second-order valence-electron chi connectivity index (χ2n) is 6.34. The van der Waals surface area contributed by atoms with Gasteiger partial charge in [0.1, 0.15) is 18.9 Å². The Morgan fingerprint density at radius 1 is 1.23 bits per heavy atom. The van der Waals surface area contributed by atoms with Gasteiger partial charge in [-0.3, -0.25) is 4.79 Å². The third kappa shape index (κ3) is 5.53. The number of carbonyl (C=O) groups is 1. The Balaban J connectivity index is 2.09. The third-order valence-corrected chi connectivity index (χ3v) is 4.79. The van der Waals surface area contributed by atoms with Gasteiger partial charge in [-0.2, -0.15) is 0 Å². The summed E-state index contributed by atoms with van der Waals surface area (Å²) in [6.07, 6.45) is 0. The molecule has 0 aliphatic carbocycles. The highest BCUT2D eigenvalue weighted by atomic mass is 35.5. The van der Waals surface area contributed by atoms with Crippen molar-refractivity contribution in [2.45, 2.75) is 20.4 Å². The first kappa shape index (κ1) is 20.4. The van der Waals surface area contributed by atoms with E-state index in [1.165, 1.54) is 6.07 Å². The summed E-state index contributed by atoms with van der Waals surface area (Å²) in [5.41, 5.74) is 3.37. The number of quaternary nitrogens is 1. The molecule has 0 fully saturated rings. The van der Waals surface area contributed by atoms with Crippen LogP contribution in [0.5, 0.6) is 0 Å². The van der Waals surface area contributed by atoms with Crippen molar-refractivity contribution >= 4 is 23.2 Å². The Bertz CT molecular complexity index is 747. The maximum atomic E-state index is 14.1. The summed E-state index contributed by atoms with van der Waals surface area (Å²) in [5.74, 6) is -0.486. The van der Waals surface area contributed by atoms with Crippen LogP contribution >= 0.6 is 11.6 Å². The number of halogens is 2. The summed E-state index contributed by atoms with van der Waals surface area (Å²) >= 11 is 6.13. The van der Waals surface area contributed by atoms with Crippen LogP contribution in [0.1, 0.15) is 16.7 Å². The Morgan fingerprint density at radius 2 is 1.96 bits per heavy atom. The second kappa shape index (κ2) is 9.67. The van der Waals surface area contributed by atoms with E-state index in [-0.39, 0.29) is 18.3 Å². The van der Waals surface area contributed by atoms with E-state index in [1.54, 1.807) is 19.2 Å². The first-order valence-corrected chi connectivity index (χ1v) is 8.91. The Morgan fingerprint density at radius 3 is 2.65 bits per heavy atom. The highest BCUT2D eigenvalue weighted by molar-refractivity contribution is 6.31. The van der Waals surface area contributed by atoms with Crippen LogP contribution in [0.4, 0.5) is 10.1 Å². The number of anilines is 1. The van der Waals surface area contributed by atoms with Crippen molar-refractivity contribution in [1.82, 2.24) is 0 Å². The van der Waals surface area contributed by atoms with Gasteiger partial charge in [-0.05, 0) is 43.2 Å². The molecule has 0 bridgehead atoms. The minimum Gasteiger partial charge on any atom is -0.379 e. The summed E-state index contributed by atoms with van der Waals surface area (Å²) < 4.78 is 19.2. The zero-order valence-corrected chi connectivity index (χ0v) is 16.1. The molecule has 2 N–H and O–H groups in total. The van der Waals surface area contributed by atoms with Gasteiger partial charge in [0, 0.05) is 12.8 Å². The molecule has 0 aliphatic heterocycles. The van der Waals surface area contributed by atoms with Crippen molar-refractivity contribution in [2.24, 2.45) is 0 Å². The van der Waals surface area contributed by atoms with E-state index < -0.39 is 0 Å². The van der Waals surface area contributed by atoms with Crippen LogP contribution in [-0.4, -0.2) is 32.7 Å². The molecule has 0 aliphatic rings. The lowest BCUT2D eigenvalue weighted by molar-refractivity contribution is -0.906. The average Bonchev–Trinajstić information content (AvgIpc) is 2.60. The first-order chi connectivity index (χ1) is 12.4. The summed E-state index contributed by atoms with van der Waals surface area (Å²) in [4.78, 5) is 13.4. The van der Waals surface area contributed by atoms with Crippen molar-refractivity contribution in [3.8, 4) is 0 Å². The van der Waals surface area contributed by atoms with Gasteiger partial charge in [0.2, 0.25) is 0 Å². The number of hydrogen-bond acceptors (Lipinski definition) is 2. The zero-order chi connectivity index (χ0) is 19.1. The van der Waals surface area contributed by atoms with Crippen molar-refractivity contribution in [1.29, 1.82) is 0 Å². The lowest BCUT2D eigenvalue weighted by Gasteiger charge is -2.20. The van der Waals surface area contributed by atoms with Gasteiger partial charge in [0.15, 0.2) is 6.54 Å². The first-order valence-electron chi connectivity index (χ1n) is 8.53. The van der Waals surface area contributed by atoms with Gasteiger partial charge in [-0.15, -0.1) is 0 Å². The number of ether oxygens (including phenoxy) is 1. The summed E-state index contributed by atoms with van der Waals surface area (Å²) in [7, 11) is 1.60. The number of amides is 1. The van der Waals surface area contributed by atoms with Crippen molar-refractivity contribution in [3.05, 3.63) is 63.9 Å². The molecule has 1 amide bonds. The summed E-state index contributed by atoms with van der Waals surface area (Å²) in [6, 6.07) is 10.4. The molecule has 0 heterocycles. The van der Waals surface area contributed by atoms with Gasteiger partial charge < -0.3 is 15.0 Å². The van der Waals surface area contributed by atoms with E-state index in [9.17, 15) is 9.18 Å². The smallest absolute Gasteiger partial charge is 0.279 e. The van der Waals surface area contributed by atoms with E-state index in [4.69, 9.17) is 16.3 Å². The molecule has 0 aromatic heterocycles. The maximum Gasteiger partial charge on any atom is 0.279 e. The van der Waals surface area contributed by atoms with E-state index in [2.05, 4.69) is 5.32 Å². The highest BCUT2D eigenvalue weighted by Gasteiger charge is 2.19. The molecule has 2 rings (SSSR count). The molecule has 0 spiro atoms. The number of nitrogens with one attached hydrogen (secondary N) is 2. The minimum absolute atomic E-state index is 0.128. The predicted molar refractivity (Wildman–Crippen MR) is 102 cm³/mol. The minimum atomic E-state index is -0.359. The molecule has 0 radical (unpaired) electrons. The van der Waals surface area contributed by atoms with Gasteiger partial charge >= 0.3 is 0 Å². The normalized spacial score (nSPS) is 12.0. The Hall–Kier alpha value is -1.95. The fourth-order valence-corrected chi connectivity index (χ4v) is 2.97. The summed E-state index contributed by atoms with van der Waals surface area (Å²) in [5, 5.41) is 3.32. The molecule has 1 atom stereocenters. The number of carbonyl (C=O) groups excluding carboxylic acids is 1. The zero-order valence-electron chi connectivity index (χ0n) is 15.4. The molecule has 2 aromatic rings.